The first kappa shape index (κ1) is 29.6. The molecule has 119 valence electrons. The summed E-state index contributed by atoms with van der Waals surface area (Å²) in [4.78, 5) is 12.1. The van der Waals surface area contributed by atoms with Crippen LogP contribution in [-0.2, 0) is 53.8 Å². The van der Waals surface area contributed by atoms with E-state index in [0.717, 1.165) is 31.2 Å². The Morgan fingerprint density at radius 2 is 1.48 bits per heavy atom. The second kappa shape index (κ2) is 17.0. The molecule has 0 aromatic heterocycles. The Morgan fingerprint density at radius 1 is 1.05 bits per heavy atom. The van der Waals surface area contributed by atoms with Crippen LogP contribution in [-0.4, -0.2) is 11.8 Å². The van der Waals surface area contributed by atoms with Gasteiger partial charge in [0, 0.05) is 71.3 Å². The van der Waals surface area contributed by atoms with E-state index in [2.05, 4.69) is 0 Å². The predicted molar refractivity (Wildman–Crippen MR) is 85.2 cm³/mol. The van der Waals surface area contributed by atoms with Gasteiger partial charge in [0.15, 0.2) is 5.78 Å². The number of nitrogens with two attached hydrogens (primary N) is 1. The van der Waals surface area contributed by atoms with Gasteiger partial charge in [-0.25, -0.2) is 0 Å². The fraction of sp³-hybridized carbons (Fsp3) is 0.529. The van der Waals surface area contributed by atoms with Crippen molar-refractivity contribution in [2.45, 2.75) is 53.0 Å². The molecular formula is C17H30NOWY-. The number of carbonyl (C=O) groups excluding carboxylic acids is 1. The summed E-state index contributed by atoms with van der Waals surface area (Å²) in [6.45, 7) is 4.00. The van der Waals surface area contributed by atoms with Crippen molar-refractivity contribution in [2.24, 2.45) is 11.7 Å². The Morgan fingerprint density at radius 3 is 1.90 bits per heavy atom. The molecule has 0 heterocycles. The molecule has 0 aliphatic heterocycles. The molecule has 1 fully saturated rings. The van der Waals surface area contributed by atoms with Gasteiger partial charge in [-0.05, 0) is 25.7 Å². The zero-order valence-electron chi connectivity index (χ0n) is 12.8. The Balaban J connectivity index is -0.000000231. The van der Waals surface area contributed by atoms with E-state index in [1.54, 1.807) is 0 Å². The molecule has 0 spiro atoms. The van der Waals surface area contributed by atoms with Gasteiger partial charge in [-0.1, -0.05) is 51.6 Å². The number of carbonyl (C=O) groups is 1. The summed E-state index contributed by atoms with van der Waals surface area (Å²) < 4.78 is 0. The maximum absolute atomic E-state index is 12.1. The van der Waals surface area contributed by atoms with E-state index in [0.29, 0.717) is 11.8 Å². The Labute approximate surface area is 171 Å². The molecule has 1 aromatic rings. The van der Waals surface area contributed by atoms with Crippen LogP contribution in [0.2, 0.25) is 0 Å². The molecule has 0 saturated heterocycles. The van der Waals surface area contributed by atoms with Gasteiger partial charge in [0.2, 0.25) is 0 Å². The smallest absolute Gasteiger partial charge is 0.165 e. The maximum Gasteiger partial charge on any atom is 0.165 e. The van der Waals surface area contributed by atoms with Crippen molar-refractivity contribution >= 4 is 5.78 Å². The minimum absolute atomic E-state index is 0. The van der Waals surface area contributed by atoms with E-state index in [1.165, 1.54) is 0 Å². The van der Waals surface area contributed by atoms with Crippen LogP contribution in [0, 0.1) is 13.3 Å². The van der Waals surface area contributed by atoms with Crippen LogP contribution in [0.3, 0.4) is 0 Å². The molecular weight excluding hydrogens is 507 g/mol. The van der Waals surface area contributed by atoms with Crippen molar-refractivity contribution in [3.8, 4) is 0 Å². The second-order valence-corrected chi connectivity index (χ2v) is 4.34. The van der Waals surface area contributed by atoms with Gasteiger partial charge in [-0.15, -0.1) is 0 Å². The second-order valence-electron chi connectivity index (χ2n) is 4.34. The first-order valence-corrected chi connectivity index (χ1v) is 6.62. The van der Waals surface area contributed by atoms with E-state index in [4.69, 9.17) is 5.73 Å². The molecule has 1 radical (unpaired) electrons. The van der Waals surface area contributed by atoms with Crippen LogP contribution in [0.15, 0.2) is 30.3 Å². The standard InChI is InChI=1S/C13H17NO.C2H6.CH4.CH3.W.Y/c14-12-8-6-11(7-9-12)13(15)10-4-2-1-3-5-10;1-2;;;;/h1-5,11-12H,6-9,14H2;1-2H3;1H4;1H3;;/q;;;-1;;. The van der Waals surface area contributed by atoms with E-state index in [-0.39, 0.29) is 74.5 Å². The fourth-order valence-corrected chi connectivity index (χ4v) is 2.22. The van der Waals surface area contributed by atoms with Crippen LogP contribution in [0.4, 0.5) is 0 Å². The van der Waals surface area contributed by atoms with Crippen molar-refractivity contribution in [2.75, 3.05) is 0 Å². The average Bonchev–Trinajstić information content (AvgIpc) is 2.42. The van der Waals surface area contributed by atoms with Crippen LogP contribution in [0.5, 0.6) is 0 Å². The number of ketones is 1. The SMILES string of the molecule is C.CC.NC1CCC(C(=O)c2ccccc2)CC1.[CH3-].[W].[Y]. The summed E-state index contributed by atoms with van der Waals surface area (Å²) in [6.07, 6.45) is 3.89. The molecule has 2 N–H and O–H groups in total. The first-order chi connectivity index (χ1) is 8.27. The number of rotatable bonds is 2. The molecule has 2 nitrogen and oxygen atoms in total. The van der Waals surface area contributed by atoms with Crippen molar-refractivity contribution in [3.63, 3.8) is 0 Å². The van der Waals surface area contributed by atoms with Gasteiger partial charge in [0.05, 0.1) is 0 Å². The van der Waals surface area contributed by atoms with Gasteiger partial charge in [0.25, 0.3) is 0 Å². The quantitative estimate of drug-likeness (QED) is 0.447. The minimum Gasteiger partial charge on any atom is -0.358 e. The molecule has 0 atom stereocenters. The molecule has 0 amide bonds. The van der Waals surface area contributed by atoms with Crippen molar-refractivity contribution in [1.29, 1.82) is 0 Å². The molecule has 1 saturated carbocycles. The summed E-state index contributed by atoms with van der Waals surface area (Å²) in [6, 6.07) is 9.88. The first-order valence-electron chi connectivity index (χ1n) is 6.62. The molecule has 1 aromatic carbocycles. The third-order valence-corrected chi connectivity index (χ3v) is 3.20. The largest absolute Gasteiger partial charge is 0.358 e. The number of Topliss-reactive ketones (excluding diaryl/α,β-unsaturated/α-hetero) is 1. The number of hydrogen-bond acceptors (Lipinski definition) is 2. The summed E-state index contributed by atoms with van der Waals surface area (Å²) in [5.74, 6) is 0.495. The van der Waals surface area contributed by atoms with Crippen LogP contribution >= 0.6 is 0 Å². The van der Waals surface area contributed by atoms with Gasteiger partial charge < -0.3 is 13.2 Å². The third kappa shape index (κ3) is 10.1. The van der Waals surface area contributed by atoms with Crippen molar-refractivity contribution < 1.29 is 58.6 Å². The van der Waals surface area contributed by atoms with Crippen molar-refractivity contribution in [1.82, 2.24) is 0 Å². The maximum atomic E-state index is 12.1. The average molecular weight is 537 g/mol. The number of hydrogen-bond donors (Lipinski definition) is 1. The normalized spacial score (nSPS) is 19.0. The molecule has 1 aliphatic carbocycles. The Hall–Kier alpha value is 0.642. The predicted octanol–water partition coefficient (Wildman–Crippen LogP) is 4.49. The van der Waals surface area contributed by atoms with E-state index < -0.39 is 0 Å². The zero-order chi connectivity index (χ0) is 12.7. The zero-order valence-corrected chi connectivity index (χ0v) is 18.6. The monoisotopic (exact) mass is 537 g/mol. The van der Waals surface area contributed by atoms with Gasteiger partial charge >= 0.3 is 0 Å². The summed E-state index contributed by atoms with van der Waals surface area (Å²) >= 11 is 0. The molecule has 0 unspecified atom stereocenters. The Kier molecular flexibility index (Phi) is 24.0. The molecule has 1 aliphatic rings. The van der Waals surface area contributed by atoms with Gasteiger partial charge in [-0.2, -0.15) is 0 Å². The minimum atomic E-state index is 0. The van der Waals surface area contributed by atoms with Crippen molar-refractivity contribution in [3.05, 3.63) is 43.3 Å². The topological polar surface area (TPSA) is 43.1 Å². The molecule has 21 heavy (non-hydrogen) atoms. The third-order valence-electron chi connectivity index (χ3n) is 3.20. The molecule has 2 rings (SSSR count). The summed E-state index contributed by atoms with van der Waals surface area (Å²) in [5, 5.41) is 0. The van der Waals surface area contributed by atoms with Crippen LogP contribution < -0.4 is 5.73 Å². The Bertz CT molecular complexity index is 338. The summed E-state index contributed by atoms with van der Waals surface area (Å²) in [7, 11) is 0. The van der Waals surface area contributed by atoms with Crippen LogP contribution in [0.1, 0.15) is 57.3 Å². The van der Waals surface area contributed by atoms with Crippen LogP contribution in [0.25, 0.3) is 0 Å². The van der Waals surface area contributed by atoms with E-state index in [9.17, 15) is 4.79 Å². The van der Waals surface area contributed by atoms with E-state index in [1.807, 2.05) is 44.2 Å². The van der Waals surface area contributed by atoms with E-state index >= 15 is 0 Å². The molecule has 0 bridgehead atoms. The summed E-state index contributed by atoms with van der Waals surface area (Å²) in [5.41, 5.74) is 6.67. The fourth-order valence-electron chi connectivity index (χ4n) is 2.22. The van der Waals surface area contributed by atoms with Gasteiger partial charge in [0.1, 0.15) is 0 Å². The van der Waals surface area contributed by atoms with Gasteiger partial charge in [-0.3, -0.25) is 4.79 Å². The molecule has 4 heteroatoms. The number of benzene rings is 1.